The highest BCUT2D eigenvalue weighted by molar-refractivity contribution is 7.09. The zero-order valence-corrected chi connectivity index (χ0v) is 8.67. The van der Waals surface area contributed by atoms with Crippen LogP contribution >= 0.6 is 11.3 Å². The second-order valence-corrected chi connectivity index (χ2v) is 3.88. The third-order valence-corrected chi connectivity index (χ3v) is 2.86. The molecule has 2 rings (SSSR count). The van der Waals surface area contributed by atoms with Crippen molar-refractivity contribution in [1.82, 2.24) is 15.5 Å². The van der Waals surface area contributed by atoms with Gasteiger partial charge in [-0.3, -0.25) is 0 Å². The summed E-state index contributed by atoms with van der Waals surface area (Å²) in [7, 11) is 0. The molecule has 2 aromatic rings. The lowest BCUT2D eigenvalue weighted by molar-refractivity contribution is 0.373. The van der Waals surface area contributed by atoms with Crippen LogP contribution < -0.4 is 5.32 Å². The average molecular weight is 209 g/mol. The van der Waals surface area contributed by atoms with Crippen LogP contribution in [0.15, 0.2) is 22.3 Å². The molecular weight excluding hydrogens is 198 g/mol. The predicted octanol–water partition coefficient (Wildman–Crippen LogP) is 1.73. The highest BCUT2D eigenvalue weighted by Crippen LogP contribution is 2.11. The van der Waals surface area contributed by atoms with Gasteiger partial charge in [-0.25, -0.2) is 4.98 Å². The summed E-state index contributed by atoms with van der Waals surface area (Å²) in [6, 6.07) is 1.85. The SMILES string of the molecule is Cc1ncsc1CNCc1ccno1. The van der Waals surface area contributed by atoms with Crippen molar-refractivity contribution in [1.29, 1.82) is 0 Å². The standard InChI is InChI=1S/C9H11N3OS/c1-7-9(14-6-11-7)5-10-4-8-2-3-12-13-8/h2-3,6,10H,4-5H2,1H3. The first-order valence-electron chi connectivity index (χ1n) is 4.35. The molecular formula is C9H11N3OS. The molecule has 0 bridgehead atoms. The minimum Gasteiger partial charge on any atom is -0.360 e. The molecule has 0 aromatic carbocycles. The van der Waals surface area contributed by atoms with E-state index in [-0.39, 0.29) is 0 Å². The van der Waals surface area contributed by atoms with Gasteiger partial charge in [0.2, 0.25) is 0 Å². The van der Waals surface area contributed by atoms with Gasteiger partial charge in [-0.05, 0) is 6.92 Å². The molecule has 0 aliphatic rings. The Labute approximate surface area is 86.0 Å². The predicted molar refractivity (Wildman–Crippen MR) is 53.9 cm³/mol. The Bertz CT molecular complexity index is 382. The molecule has 2 aromatic heterocycles. The summed E-state index contributed by atoms with van der Waals surface area (Å²) in [6.45, 7) is 3.55. The molecule has 5 heteroatoms. The first-order chi connectivity index (χ1) is 6.86. The first kappa shape index (κ1) is 9.36. The molecule has 0 saturated carbocycles. The van der Waals surface area contributed by atoms with Crippen molar-refractivity contribution < 1.29 is 4.52 Å². The molecule has 0 radical (unpaired) electrons. The van der Waals surface area contributed by atoms with Gasteiger partial charge in [-0.15, -0.1) is 11.3 Å². The van der Waals surface area contributed by atoms with E-state index in [2.05, 4.69) is 15.5 Å². The van der Waals surface area contributed by atoms with Crippen molar-refractivity contribution in [2.75, 3.05) is 0 Å². The Morgan fingerprint density at radius 2 is 2.43 bits per heavy atom. The highest BCUT2D eigenvalue weighted by Gasteiger charge is 2.01. The molecule has 0 fully saturated rings. The highest BCUT2D eigenvalue weighted by atomic mass is 32.1. The first-order valence-corrected chi connectivity index (χ1v) is 5.23. The van der Waals surface area contributed by atoms with Crippen LogP contribution in [0.25, 0.3) is 0 Å². The van der Waals surface area contributed by atoms with Crippen LogP contribution in [0.4, 0.5) is 0 Å². The minimum atomic E-state index is 0.706. The lowest BCUT2D eigenvalue weighted by atomic mass is 10.4. The monoisotopic (exact) mass is 209 g/mol. The third kappa shape index (κ3) is 2.18. The molecule has 0 atom stereocenters. The summed E-state index contributed by atoms with van der Waals surface area (Å²) >= 11 is 1.67. The van der Waals surface area contributed by atoms with Crippen LogP contribution in [0.3, 0.4) is 0 Å². The van der Waals surface area contributed by atoms with Crippen molar-refractivity contribution in [3.63, 3.8) is 0 Å². The third-order valence-electron chi connectivity index (χ3n) is 1.92. The fourth-order valence-electron chi connectivity index (χ4n) is 1.13. The van der Waals surface area contributed by atoms with E-state index in [0.717, 1.165) is 18.0 Å². The molecule has 4 nitrogen and oxygen atoms in total. The fourth-order valence-corrected chi connectivity index (χ4v) is 1.88. The topological polar surface area (TPSA) is 51.0 Å². The van der Waals surface area contributed by atoms with Gasteiger partial charge in [0.1, 0.15) is 5.76 Å². The number of nitrogens with zero attached hydrogens (tertiary/aromatic N) is 2. The number of nitrogens with one attached hydrogen (secondary N) is 1. The van der Waals surface area contributed by atoms with Crippen molar-refractivity contribution >= 4 is 11.3 Å². The van der Waals surface area contributed by atoms with Gasteiger partial charge in [0.05, 0.1) is 23.9 Å². The summed E-state index contributed by atoms with van der Waals surface area (Å²) in [5.74, 6) is 0.854. The largest absolute Gasteiger partial charge is 0.360 e. The Balaban J connectivity index is 1.81. The van der Waals surface area contributed by atoms with Crippen molar-refractivity contribution in [2.24, 2.45) is 0 Å². The number of hydrogen-bond acceptors (Lipinski definition) is 5. The number of aromatic nitrogens is 2. The van der Waals surface area contributed by atoms with Gasteiger partial charge in [-0.1, -0.05) is 5.16 Å². The lowest BCUT2D eigenvalue weighted by Gasteiger charge is -1.99. The minimum absolute atomic E-state index is 0.706. The van der Waals surface area contributed by atoms with Gasteiger partial charge in [0.25, 0.3) is 0 Å². The number of thiazole rings is 1. The molecule has 2 heterocycles. The van der Waals surface area contributed by atoms with Crippen molar-refractivity contribution in [2.45, 2.75) is 20.0 Å². The van der Waals surface area contributed by atoms with Crippen LogP contribution in [0.1, 0.15) is 16.3 Å². The summed E-state index contributed by atoms with van der Waals surface area (Å²) in [4.78, 5) is 5.44. The quantitative estimate of drug-likeness (QED) is 0.833. The maximum atomic E-state index is 4.96. The average Bonchev–Trinajstić information content (AvgIpc) is 2.78. The van der Waals surface area contributed by atoms with Gasteiger partial charge < -0.3 is 9.84 Å². The maximum Gasteiger partial charge on any atom is 0.150 e. The second kappa shape index (κ2) is 4.34. The van der Waals surface area contributed by atoms with Crippen LogP contribution in [-0.2, 0) is 13.1 Å². The van der Waals surface area contributed by atoms with Gasteiger partial charge in [0, 0.05) is 17.5 Å². The van der Waals surface area contributed by atoms with Gasteiger partial charge >= 0.3 is 0 Å². The molecule has 0 aliphatic heterocycles. The summed E-state index contributed by atoms with van der Waals surface area (Å²) in [5, 5.41) is 6.90. The Hall–Kier alpha value is -1.20. The number of rotatable bonds is 4. The van der Waals surface area contributed by atoms with E-state index in [1.54, 1.807) is 17.5 Å². The molecule has 0 unspecified atom stereocenters. The number of hydrogen-bond donors (Lipinski definition) is 1. The molecule has 0 spiro atoms. The van der Waals surface area contributed by atoms with Crippen LogP contribution in [0.5, 0.6) is 0 Å². The van der Waals surface area contributed by atoms with E-state index < -0.39 is 0 Å². The van der Waals surface area contributed by atoms with E-state index in [1.807, 2.05) is 18.5 Å². The van der Waals surface area contributed by atoms with Crippen LogP contribution in [0, 0.1) is 6.92 Å². The van der Waals surface area contributed by atoms with E-state index in [9.17, 15) is 0 Å². The zero-order valence-electron chi connectivity index (χ0n) is 7.86. The van der Waals surface area contributed by atoms with E-state index in [0.29, 0.717) is 6.54 Å². The van der Waals surface area contributed by atoms with Crippen LogP contribution in [-0.4, -0.2) is 10.1 Å². The van der Waals surface area contributed by atoms with Gasteiger partial charge in [-0.2, -0.15) is 0 Å². The molecule has 0 aliphatic carbocycles. The molecule has 74 valence electrons. The Kier molecular flexibility index (Phi) is 2.90. The smallest absolute Gasteiger partial charge is 0.150 e. The van der Waals surface area contributed by atoms with Crippen LogP contribution in [0.2, 0.25) is 0 Å². The van der Waals surface area contributed by atoms with Crippen molar-refractivity contribution in [3.05, 3.63) is 34.1 Å². The molecule has 0 amide bonds. The summed E-state index contributed by atoms with van der Waals surface area (Å²) < 4.78 is 4.96. The fraction of sp³-hybridized carbons (Fsp3) is 0.333. The maximum absolute atomic E-state index is 4.96. The zero-order chi connectivity index (χ0) is 9.80. The number of aryl methyl sites for hydroxylation is 1. The summed E-state index contributed by atoms with van der Waals surface area (Å²) in [5.41, 5.74) is 2.96. The normalized spacial score (nSPS) is 10.6. The Morgan fingerprint density at radius 3 is 3.07 bits per heavy atom. The van der Waals surface area contributed by atoms with Crippen molar-refractivity contribution in [3.8, 4) is 0 Å². The van der Waals surface area contributed by atoms with E-state index >= 15 is 0 Å². The molecule has 14 heavy (non-hydrogen) atoms. The molecule has 1 N–H and O–H groups in total. The lowest BCUT2D eigenvalue weighted by Crippen LogP contribution is -2.11. The van der Waals surface area contributed by atoms with E-state index in [4.69, 9.17) is 4.52 Å². The van der Waals surface area contributed by atoms with Gasteiger partial charge in [0.15, 0.2) is 0 Å². The van der Waals surface area contributed by atoms with E-state index in [1.165, 1.54) is 4.88 Å². The summed E-state index contributed by atoms with van der Waals surface area (Å²) in [6.07, 6.45) is 1.65. The molecule has 0 saturated heterocycles. The second-order valence-electron chi connectivity index (χ2n) is 2.94. The Morgan fingerprint density at radius 1 is 1.50 bits per heavy atom.